The highest BCUT2D eigenvalue weighted by Crippen LogP contribution is 2.41. The van der Waals surface area contributed by atoms with Crippen LogP contribution in [0.1, 0.15) is 24.6 Å². The third-order valence-electron chi connectivity index (χ3n) is 4.44. The minimum Gasteiger partial charge on any atom is -0.351 e. The highest BCUT2D eigenvalue weighted by molar-refractivity contribution is 7.88. The number of aryl methyl sites for hydroxylation is 1. The highest BCUT2D eigenvalue weighted by Gasteiger charge is 2.43. The van der Waals surface area contributed by atoms with Gasteiger partial charge in [-0.2, -0.15) is 4.98 Å². The van der Waals surface area contributed by atoms with Crippen molar-refractivity contribution in [3.8, 4) is 0 Å². The molecule has 1 aromatic rings. The molecule has 0 radical (unpaired) electrons. The van der Waals surface area contributed by atoms with Gasteiger partial charge in [0, 0.05) is 19.1 Å². The second-order valence-electron chi connectivity index (χ2n) is 6.70. The summed E-state index contributed by atoms with van der Waals surface area (Å²) in [7, 11) is -3.37. The van der Waals surface area contributed by atoms with Crippen molar-refractivity contribution in [3.63, 3.8) is 0 Å². The van der Waals surface area contributed by atoms with Crippen molar-refractivity contribution in [2.24, 2.45) is 11.8 Å². The fraction of sp³-hybridized carbons (Fsp3) is 0.786. The third-order valence-corrected chi connectivity index (χ3v) is 5.11. The van der Waals surface area contributed by atoms with E-state index in [9.17, 15) is 13.2 Å². The number of carbonyl (C=O) groups excluding carboxylic acids is 1. The molecule has 2 atom stereocenters. The van der Waals surface area contributed by atoms with Crippen LogP contribution >= 0.6 is 12.4 Å². The predicted molar refractivity (Wildman–Crippen MR) is 92.6 cm³/mol. The predicted octanol–water partition coefficient (Wildman–Crippen LogP) is -0.324. The van der Waals surface area contributed by atoms with Crippen LogP contribution in [0.5, 0.6) is 0 Å². The number of sulfonamides is 1. The quantitative estimate of drug-likeness (QED) is 0.651. The first kappa shape index (κ1) is 20.1. The van der Waals surface area contributed by atoms with Gasteiger partial charge in [-0.3, -0.25) is 9.69 Å². The van der Waals surface area contributed by atoms with Crippen molar-refractivity contribution in [2.75, 3.05) is 25.9 Å². The Balaban J connectivity index is 0.00000225. The molecule has 2 fully saturated rings. The summed E-state index contributed by atoms with van der Waals surface area (Å²) in [5, 5.41) is 6.76. The normalized spacial score (nSPS) is 24.1. The minimum absolute atomic E-state index is 0. The summed E-state index contributed by atoms with van der Waals surface area (Å²) < 4.78 is 29.6. The Labute approximate surface area is 153 Å². The number of likely N-dealkylation sites (tertiary alicyclic amines) is 1. The minimum atomic E-state index is -3.37. The Morgan fingerprint density at radius 1 is 1.36 bits per heavy atom. The standard InChI is InChI=1S/C14H23N5O4S.ClH/c1-9-16-14(23-18-9)8-19-6-11(10-3-4-10)12(7-19)17-13(20)5-15-24(2,21)22;/h10-12,15H,3-8H2,1-2H3,(H,17,20);1H/t11-,12+;/m1./s1. The molecule has 0 unspecified atom stereocenters. The fourth-order valence-electron chi connectivity index (χ4n) is 3.25. The van der Waals surface area contributed by atoms with Crippen LogP contribution < -0.4 is 10.0 Å². The van der Waals surface area contributed by atoms with E-state index in [1.165, 1.54) is 12.8 Å². The van der Waals surface area contributed by atoms with Gasteiger partial charge in [0.15, 0.2) is 5.82 Å². The van der Waals surface area contributed by atoms with Crippen molar-refractivity contribution in [2.45, 2.75) is 32.4 Å². The van der Waals surface area contributed by atoms with E-state index in [2.05, 4.69) is 25.1 Å². The second-order valence-corrected chi connectivity index (χ2v) is 8.53. The first-order valence-electron chi connectivity index (χ1n) is 8.06. The summed E-state index contributed by atoms with van der Waals surface area (Å²) >= 11 is 0. The van der Waals surface area contributed by atoms with Crippen LogP contribution in [0, 0.1) is 18.8 Å². The van der Waals surface area contributed by atoms with E-state index in [0.717, 1.165) is 12.8 Å². The molecule has 0 bridgehead atoms. The molecule has 2 aliphatic rings. The van der Waals surface area contributed by atoms with E-state index >= 15 is 0 Å². The van der Waals surface area contributed by atoms with Crippen molar-refractivity contribution < 1.29 is 17.7 Å². The van der Waals surface area contributed by atoms with E-state index in [0.29, 0.717) is 36.6 Å². The monoisotopic (exact) mass is 393 g/mol. The summed E-state index contributed by atoms with van der Waals surface area (Å²) in [6.07, 6.45) is 3.41. The summed E-state index contributed by atoms with van der Waals surface area (Å²) in [4.78, 5) is 18.4. The molecule has 1 aromatic heterocycles. The van der Waals surface area contributed by atoms with E-state index in [-0.39, 0.29) is 30.9 Å². The molecule has 11 heteroatoms. The zero-order valence-electron chi connectivity index (χ0n) is 14.3. The molecule has 1 saturated heterocycles. The lowest BCUT2D eigenvalue weighted by molar-refractivity contribution is -0.120. The second kappa shape index (κ2) is 7.98. The number of aromatic nitrogens is 2. The van der Waals surface area contributed by atoms with Gasteiger partial charge in [0.25, 0.3) is 0 Å². The van der Waals surface area contributed by atoms with Crippen LogP contribution in [0.25, 0.3) is 0 Å². The van der Waals surface area contributed by atoms with E-state index in [1.54, 1.807) is 6.92 Å². The van der Waals surface area contributed by atoms with Crippen LogP contribution in [0.4, 0.5) is 0 Å². The lowest BCUT2D eigenvalue weighted by atomic mass is 9.98. The summed E-state index contributed by atoms with van der Waals surface area (Å²) in [5.41, 5.74) is 0. The molecule has 2 N–H and O–H groups in total. The average Bonchev–Trinajstić information content (AvgIpc) is 3.14. The first-order chi connectivity index (χ1) is 11.3. The van der Waals surface area contributed by atoms with Crippen molar-refractivity contribution in [3.05, 3.63) is 11.7 Å². The number of nitrogens with zero attached hydrogens (tertiary/aromatic N) is 3. The molecule has 0 spiro atoms. The summed E-state index contributed by atoms with van der Waals surface area (Å²) in [6.45, 7) is 3.69. The van der Waals surface area contributed by atoms with Crippen LogP contribution in [0.15, 0.2) is 4.52 Å². The average molecular weight is 394 g/mol. The molecule has 0 aromatic carbocycles. The fourth-order valence-corrected chi connectivity index (χ4v) is 3.64. The molecule has 1 amide bonds. The topological polar surface area (TPSA) is 117 Å². The number of nitrogens with one attached hydrogen (secondary N) is 2. The van der Waals surface area contributed by atoms with Crippen molar-refractivity contribution in [1.82, 2.24) is 25.1 Å². The zero-order valence-corrected chi connectivity index (χ0v) is 15.9. The van der Waals surface area contributed by atoms with Gasteiger partial charge in [-0.15, -0.1) is 12.4 Å². The first-order valence-corrected chi connectivity index (χ1v) is 9.95. The molecule has 142 valence electrons. The number of halogens is 1. The van der Waals surface area contributed by atoms with E-state index in [4.69, 9.17) is 4.52 Å². The number of rotatable bonds is 7. The van der Waals surface area contributed by atoms with Gasteiger partial charge >= 0.3 is 0 Å². The van der Waals surface area contributed by atoms with Gasteiger partial charge in [0.1, 0.15) is 0 Å². The molecule has 9 nitrogen and oxygen atoms in total. The van der Waals surface area contributed by atoms with Gasteiger partial charge in [-0.05, 0) is 31.6 Å². The van der Waals surface area contributed by atoms with Crippen molar-refractivity contribution >= 4 is 28.3 Å². The SMILES string of the molecule is Cc1noc(CN2C[C@H](NC(=O)CNS(C)(=O)=O)[C@@H](C3CC3)C2)n1.Cl. The Morgan fingerprint density at radius 2 is 2.08 bits per heavy atom. The number of hydrogen-bond acceptors (Lipinski definition) is 7. The van der Waals surface area contributed by atoms with Gasteiger partial charge in [-0.25, -0.2) is 13.1 Å². The lowest BCUT2D eigenvalue weighted by Crippen LogP contribution is -2.45. The number of amides is 1. The lowest BCUT2D eigenvalue weighted by Gasteiger charge is -2.19. The summed E-state index contributed by atoms with van der Waals surface area (Å²) in [5.74, 6) is 1.91. The largest absolute Gasteiger partial charge is 0.351 e. The Bertz CT molecular complexity index is 706. The van der Waals surface area contributed by atoms with Crippen LogP contribution in [0.2, 0.25) is 0 Å². The maximum atomic E-state index is 12.0. The van der Waals surface area contributed by atoms with Gasteiger partial charge in [0.05, 0.1) is 19.3 Å². The van der Waals surface area contributed by atoms with Gasteiger partial charge < -0.3 is 9.84 Å². The van der Waals surface area contributed by atoms with Gasteiger partial charge in [0.2, 0.25) is 21.8 Å². The maximum Gasteiger partial charge on any atom is 0.240 e. The van der Waals surface area contributed by atoms with E-state index < -0.39 is 10.0 Å². The highest BCUT2D eigenvalue weighted by atomic mass is 35.5. The molecule has 1 aliphatic carbocycles. The molecular formula is C14H24ClN5O4S. The maximum absolute atomic E-state index is 12.0. The van der Waals surface area contributed by atoms with Crippen LogP contribution in [-0.4, -0.2) is 61.3 Å². The Hall–Kier alpha value is -1.23. The van der Waals surface area contributed by atoms with Crippen LogP contribution in [0.3, 0.4) is 0 Å². The molecule has 3 rings (SSSR count). The van der Waals surface area contributed by atoms with Crippen LogP contribution in [-0.2, 0) is 21.4 Å². The summed E-state index contributed by atoms with van der Waals surface area (Å²) in [6, 6.07) is 0.0235. The number of carbonyl (C=O) groups is 1. The van der Waals surface area contributed by atoms with Gasteiger partial charge in [-0.1, -0.05) is 5.16 Å². The Kier molecular flexibility index (Phi) is 6.41. The molecule has 2 heterocycles. The molecular weight excluding hydrogens is 370 g/mol. The third kappa shape index (κ3) is 5.91. The molecule has 1 saturated carbocycles. The van der Waals surface area contributed by atoms with E-state index in [1.807, 2.05) is 0 Å². The number of hydrogen-bond donors (Lipinski definition) is 2. The molecule has 25 heavy (non-hydrogen) atoms. The smallest absolute Gasteiger partial charge is 0.240 e. The molecule has 1 aliphatic heterocycles. The van der Waals surface area contributed by atoms with Crippen molar-refractivity contribution in [1.29, 1.82) is 0 Å². The Morgan fingerprint density at radius 3 is 2.64 bits per heavy atom. The zero-order chi connectivity index (χ0) is 17.3.